The fourth-order valence-corrected chi connectivity index (χ4v) is 3.84. The molecule has 3 aromatic rings. The Balaban J connectivity index is 1.21. The molecular formula is C22H28N6O. The van der Waals surface area contributed by atoms with E-state index in [0.29, 0.717) is 6.54 Å². The molecule has 1 saturated heterocycles. The first kappa shape index (κ1) is 19.4. The third-order valence-electron chi connectivity index (χ3n) is 5.71. The second-order valence-corrected chi connectivity index (χ2v) is 7.62. The fraction of sp³-hybridized carbons (Fsp3) is 0.409. The lowest BCUT2D eigenvalue weighted by Gasteiger charge is -2.34. The number of aryl methyl sites for hydroxylation is 2. The number of rotatable bonds is 6. The summed E-state index contributed by atoms with van der Waals surface area (Å²) in [6.45, 7) is 9.67. The third kappa shape index (κ3) is 4.40. The molecule has 7 heteroatoms. The number of aromatic nitrogens is 3. The van der Waals surface area contributed by atoms with Crippen LogP contribution >= 0.6 is 0 Å². The van der Waals surface area contributed by atoms with E-state index in [1.54, 1.807) is 12.4 Å². The molecule has 1 fully saturated rings. The van der Waals surface area contributed by atoms with Crippen molar-refractivity contribution in [2.24, 2.45) is 0 Å². The van der Waals surface area contributed by atoms with Crippen molar-refractivity contribution in [1.82, 2.24) is 25.2 Å². The van der Waals surface area contributed by atoms with Gasteiger partial charge in [-0.3, -0.25) is 9.69 Å². The first-order chi connectivity index (χ1) is 14.1. The lowest BCUT2D eigenvalue weighted by atomic mass is 10.1. The molecule has 4 rings (SSSR count). The molecule has 7 nitrogen and oxygen atoms in total. The summed E-state index contributed by atoms with van der Waals surface area (Å²) in [5.41, 5.74) is 4.15. The smallest absolute Gasteiger partial charge is 0.251 e. The van der Waals surface area contributed by atoms with Gasteiger partial charge in [0.15, 0.2) is 0 Å². The lowest BCUT2D eigenvalue weighted by Crippen LogP contribution is -2.47. The average molecular weight is 393 g/mol. The number of benzene rings is 1. The van der Waals surface area contributed by atoms with Crippen molar-refractivity contribution in [3.05, 3.63) is 53.5 Å². The van der Waals surface area contributed by atoms with Gasteiger partial charge in [-0.1, -0.05) is 0 Å². The number of carbonyl (C=O) groups is 1. The maximum Gasteiger partial charge on any atom is 0.251 e. The summed E-state index contributed by atoms with van der Waals surface area (Å²) in [6.07, 6.45) is 4.51. The minimum absolute atomic E-state index is 0.00352. The topological polar surface area (TPSA) is 77.2 Å². The van der Waals surface area contributed by atoms with Gasteiger partial charge in [-0.25, -0.2) is 9.97 Å². The van der Waals surface area contributed by atoms with Crippen LogP contribution in [0.4, 0.5) is 5.95 Å². The van der Waals surface area contributed by atoms with Crippen molar-refractivity contribution in [3.63, 3.8) is 0 Å². The Labute approximate surface area is 171 Å². The number of aromatic amines is 1. The molecular weight excluding hydrogens is 364 g/mol. The molecule has 3 heterocycles. The van der Waals surface area contributed by atoms with Gasteiger partial charge in [0.2, 0.25) is 5.95 Å². The van der Waals surface area contributed by atoms with Gasteiger partial charge in [0.25, 0.3) is 5.91 Å². The van der Waals surface area contributed by atoms with Crippen LogP contribution in [0.15, 0.2) is 36.7 Å². The first-order valence-electron chi connectivity index (χ1n) is 10.2. The zero-order valence-electron chi connectivity index (χ0n) is 17.1. The van der Waals surface area contributed by atoms with Crippen molar-refractivity contribution < 1.29 is 4.79 Å². The Morgan fingerprint density at radius 3 is 2.66 bits per heavy atom. The minimum Gasteiger partial charge on any atom is -0.358 e. The predicted molar refractivity (Wildman–Crippen MR) is 115 cm³/mol. The van der Waals surface area contributed by atoms with E-state index in [2.05, 4.69) is 43.9 Å². The fourth-order valence-electron chi connectivity index (χ4n) is 3.84. The van der Waals surface area contributed by atoms with Crippen molar-refractivity contribution in [1.29, 1.82) is 0 Å². The lowest BCUT2D eigenvalue weighted by molar-refractivity contribution is 0.0951. The van der Waals surface area contributed by atoms with Gasteiger partial charge in [0, 0.05) is 67.3 Å². The SMILES string of the molecule is Cc1[nH]c2ccc(C(=O)NCCCN3CCN(c4ncccn4)CC3)cc2c1C. The van der Waals surface area contributed by atoms with Crippen LogP contribution < -0.4 is 10.2 Å². The predicted octanol–water partition coefficient (Wildman–Crippen LogP) is 2.52. The molecule has 29 heavy (non-hydrogen) atoms. The molecule has 0 bridgehead atoms. The van der Waals surface area contributed by atoms with Crippen LogP contribution in [-0.2, 0) is 0 Å². The summed E-state index contributed by atoms with van der Waals surface area (Å²) < 4.78 is 0. The van der Waals surface area contributed by atoms with E-state index in [1.165, 1.54) is 5.56 Å². The highest BCUT2D eigenvalue weighted by molar-refractivity contribution is 5.99. The second-order valence-electron chi connectivity index (χ2n) is 7.62. The molecule has 1 aromatic carbocycles. The van der Waals surface area contributed by atoms with Crippen LogP contribution in [0.1, 0.15) is 28.0 Å². The van der Waals surface area contributed by atoms with E-state index in [0.717, 1.165) is 67.3 Å². The standard InChI is InChI=1S/C22H28N6O/c1-16-17(2)26-20-6-5-18(15-19(16)20)21(29)23-9-4-10-27-11-13-28(14-12-27)22-24-7-3-8-25-22/h3,5-8,15,26H,4,9-14H2,1-2H3,(H,23,29). The van der Waals surface area contributed by atoms with Crippen molar-refractivity contribution in [2.45, 2.75) is 20.3 Å². The monoisotopic (exact) mass is 392 g/mol. The van der Waals surface area contributed by atoms with Crippen LogP contribution in [0, 0.1) is 13.8 Å². The summed E-state index contributed by atoms with van der Waals surface area (Å²) in [5, 5.41) is 4.18. The van der Waals surface area contributed by atoms with Crippen LogP contribution in [0.2, 0.25) is 0 Å². The number of piperazine rings is 1. The number of fused-ring (bicyclic) bond motifs is 1. The van der Waals surface area contributed by atoms with Gasteiger partial charge < -0.3 is 15.2 Å². The highest BCUT2D eigenvalue weighted by atomic mass is 16.1. The molecule has 1 amide bonds. The van der Waals surface area contributed by atoms with Gasteiger partial charge >= 0.3 is 0 Å². The van der Waals surface area contributed by atoms with Crippen LogP contribution in [0.3, 0.4) is 0 Å². The van der Waals surface area contributed by atoms with Crippen LogP contribution in [0.25, 0.3) is 10.9 Å². The molecule has 0 radical (unpaired) electrons. The van der Waals surface area contributed by atoms with Crippen LogP contribution in [0.5, 0.6) is 0 Å². The number of nitrogens with zero attached hydrogens (tertiary/aromatic N) is 4. The van der Waals surface area contributed by atoms with Crippen molar-refractivity contribution in [3.8, 4) is 0 Å². The zero-order valence-corrected chi connectivity index (χ0v) is 17.1. The summed E-state index contributed by atoms with van der Waals surface area (Å²) >= 11 is 0. The maximum absolute atomic E-state index is 12.5. The summed E-state index contributed by atoms with van der Waals surface area (Å²) in [7, 11) is 0. The second kappa shape index (κ2) is 8.61. The number of carbonyl (C=O) groups excluding carboxylic acids is 1. The van der Waals surface area contributed by atoms with E-state index in [4.69, 9.17) is 0 Å². The molecule has 152 valence electrons. The zero-order chi connectivity index (χ0) is 20.2. The summed E-state index contributed by atoms with van der Waals surface area (Å²) in [5.74, 6) is 0.806. The van der Waals surface area contributed by atoms with E-state index in [9.17, 15) is 4.79 Å². The molecule has 0 spiro atoms. The number of anilines is 1. The molecule has 0 atom stereocenters. The maximum atomic E-state index is 12.5. The van der Waals surface area contributed by atoms with E-state index < -0.39 is 0 Å². The van der Waals surface area contributed by atoms with E-state index in [-0.39, 0.29) is 5.91 Å². The van der Waals surface area contributed by atoms with Crippen molar-refractivity contribution in [2.75, 3.05) is 44.2 Å². The molecule has 1 aliphatic rings. The minimum atomic E-state index is -0.00352. The molecule has 2 aromatic heterocycles. The van der Waals surface area contributed by atoms with Gasteiger partial charge in [0.1, 0.15) is 0 Å². The van der Waals surface area contributed by atoms with E-state index in [1.807, 2.05) is 24.3 Å². The van der Waals surface area contributed by atoms with E-state index >= 15 is 0 Å². The Kier molecular flexibility index (Phi) is 5.76. The normalized spacial score (nSPS) is 15.0. The molecule has 2 N–H and O–H groups in total. The van der Waals surface area contributed by atoms with Gasteiger partial charge in [-0.05, 0) is 56.6 Å². The molecule has 0 unspecified atom stereocenters. The first-order valence-corrected chi connectivity index (χ1v) is 10.2. The largest absolute Gasteiger partial charge is 0.358 e. The summed E-state index contributed by atoms with van der Waals surface area (Å²) in [4.78, 5) is 29.2. The Hall–Kier alpha value is -2.93. The molecule has 0 saturated carbocycles. The number of nitrogens with one attached hydrogen (secondary N) is 2. The average Bonchev–Trinajstić information content (AvgIpc) is 3.05. The van der Waals surface area contributed by atoms with Gasteiger partial charge in [-0.2, -0.15) is 0 Å². The third-order valence-corrected chi connectivity index (χ3v) is 5.71. The number of hydrogen-bond acceptors (Lipinski definition) is 5. The number of H-pyrrole nitrogens is 1. The summed E-state index contributed by atoms with van der Waals surface area (Å²) in [6, 6.07) is 7.69. The molecule has 0 aliphatic carbocycles. The highest BCUT2D eigenvalue weighted by Gasteiger charge is 2.18. The Bertz CT molecular complexity index is 976. The Morgan fingerprint density at radius 2 is 1.90 bits per heavy atom. The Morgan fingerprint density at radius 1 is 1.14 bits per heavy atom. The van der Waals surface area contributed by atoms with Crippen LogP contribution in [-0.4, -0.2) is 65.0 Å². The van der Waals surface area contributed by atoms with Crippen molar-refractivity contribution >= 4 is 22.8 Å². The van der Waals surface area contributed by atoms with Gasteiger partial charge in [-0.15, -0.1) is 0 Å². The number of amides is 1. The molecule has 1 aliphatic heterocycles. The quantitative estimate of drug-likeness (QED) is 0.631. The van der Waals surface area contributed by atoms with Gasteiger partial charge in [0.05, 0.1) is 0 Å². The highest BCUT2D eigenvalue weighted by Crippen LogP contribution is 2.22. The number of hydrogen-bond donors (Lipinski definition) is 2.